The van der Waals surface area contributed by atoms with E-state index in [9.17, 15) is 19.2 Å². The Balaban J connectivity index is 1.57. The Morgan fingerprint density at radius 2 is 1.88 bits per heavy atom. The average molecular weight is 469 g/mol. The fourth-order valence-electron chi connectivity index (χ4n) is 5.29. The lowest BCUT2D eigenvalue weighted by molar-refractivity contribution is -0.143. The molecule has 10 heteroatoms. The molecule has 5 rings (SSSR count). The molecule has 0 aliphatic carbocycles. The fraction of sp³-hybridized carbons (Fsp3) is 0.304. The summed E-state index contributed by atoms with van der Waals surface area (Å²) < 4.78 is 5.16. The molecule has 4 atom stereocenters. The number of carbonyl (C=O) groups is 4. The number of hydrogen-bond acceptors (Lipinski definition) is 6. The molecule has 4 amide bonds. The first kappa shape index (κ1) is 21.4. The number of nitrogens with zero attached hydrogens (tertiary/aromatic N) is 1. The van der Waals surface area contributed by atoms with E-state index in [0.717, 1.165) is 10.5 Å². The number of rotatable bonds is 5. The molecule has 0 unspecified atom stereocenters. The second kappa shape index (κ2) is 7.57. The van der Waals surface area contributed by atoms with Crippen molar-refractivity contribution >= 4 is 40.9 Å². The first-order valence-corrected chi connectivity index (χ1v) is 10.8. The van der Waals surface area contributed by atoms with Crippen molar-refractivity contribution < 1.29 is 23.9 Å². The van der Waals surface area contributed by atoms with Crippen LogP contribution in [0, 0.1) is 11.8 Å². The van der Waals surface area contributed by atoms with Gasteiger partial charge < -0.3 is 15.8 Å². The second-order valence-corrected chi connectivity index (χ2v) is 8.92. The van der Waals surface area contributed by atoms with Gasteiger partial charge in [0.05, 0.1) is 25.5 Å². The van der Waals surface area contributed by atoms with Crippen LogP contribution in [-0.4, -0.2) is 41.7 Å². The van der Waals surface area contributed by atoms with Crippen molar-refractivity contribution in [2.75, 3.05) is 12.4 Å². The maximum atomic E-state index is 13.7. The molecule has 3 aliphatic rings. The largest absolute Gasteiger partial charge is 0.497 e. The van der Waals surface area contributed by atoms with Crippen molar-refractivity contribution in [3.05, 3.63) is 58.6 Å². The molecule has 4 N–H and O–H groups in total. The summed E-state index contributed by atoms with van der Waals surface area (Å²) in [5.41, 5.74) is 5.63. The molecule has 9 nitrogen and oxygen atoms in total. The molecule has 2 fully saturated rings. The Morgan fingerprint density at radius 1 is 1.15 bits per heavy atom. The quantitative estimate of drug-likeness (QED) is 0.564. The molecule has 2 aromatic rings. The van der Waals surface area contributed by atoms with Gasteiger partial charge in [0.2, 0.25) is 23.6 Å². The van der Waals surface area contributed by atoms with Crippen molar-refractivity contribution in [2.24, 2.45) is 17.6 Å². The summed E-state index contributed by atoms with van der Waals surface area (Å²) in [6.45, 7) is 0.0397. The zero-order valence-corrected chi connectivity index (χ0v) is 18.4. The van der Waals surface area contributed by atoms with E-state index in [2.05, 4.69) is 10.6 Å². The second-order valence-electron chi connectivity index (χ2n) is 8.49. The maximum absolute atomic E-state index is 13.7. The van der Waals surface area contributed by atoms with E-state index in [4.69, 9.17) is 22.1 Å². The van der Waals surface area contributed by atoms with Gasteiger partial charge in [-0.2, -0.15) is 0 Å². The molecule has 170 valence electrons. The van der Waals surface area contributed by atoms with E-state index in [0.29, 0.717) is 22.0 Å². The molecule has 0 aromatic heterocycles. The van der Waals surface area contributed by atoms with Crippen LogP contribution in [-0.2, 0) is 31.3 Å². The van der Waals surface area contributed by atoms with Gasteiger partial charge in [-0.05, 0) is 35.9 Å². The summed E-state index contributed by atoms with van der Waals surface area (Å²) in [7, 11) is 1.55. The van der Waals surface area contributed by atoms with Gasteiger partial charge >= 0.3 is 0 Å². The van der Waals surface area contributed by atoms with Crippen molar-refractivity contribution in [1.29, 1.82) is 0 Å². The number of halogens is 1. The molecule has 1 spiro atoms. The first-order valence-electron chi connectivity index (χ1n) is 10.4. The first-order chi connectivity index (χ1) is 15.8. The molecule has 3 heterocycles. The summed E-state index contributed by atoms with van der Waals surface area (Å²) in [5, 5.41) is 6.30. The van der Waals surface area contributed by atoms with Gasteiger partial charge in [0.15, 0.2) is 0 Å². The number of ether oxygens (including phenoxy) is 1. The third-order valence-corrected chi connectivity index (χ3v) is 6.92. The van der Waals surface area contributed by atoms with E-state index in [1.54, 1.807) is 49.6 Å². The standard InChI is InChI=1S/C23H21ClN4O5/c1-33-13-5-2-11(3-6-13)10-28-20(30)18-16(9-17(25)29)27-23(19(18)21(28)31)14-8-12(24)4-7-15(14)26-22(23)32/h2-8,16,18-19,27H,9-10H2,1H3,(H2,25,29)(H,26,32)/t16-,18+,19-,23-/m0/s1. The number of amides is 4. The SMILES string of the molecule is COc1ccc(CN2C(=O)[C@@H]3[C@H](CC(N)=O)N[C@]4(C(=O)Nc5ccc(Cl)cc54)[C@@H]3C2=O)cc1. The van der Waals surface area contributed by atoms with E-state index in [1.807, 2.05) is 0 Å². The molecule has 0 saturated carbocycles. The Hall–Kier alpha value is -3.43. The van der Waals surface area contributed by atoms with Gasteiger partial charge in [-0.25, -0.2) is 0 Å². The normalized spacial score (nSPS) is 27.6. The summed E-state index contributed by atoms with van der Waals surface area (Å²) in [5.74, 6) is -3.33. The van der Waals surface area contributed by atoms with Gasteiger partial charge in [0.1, 0.15) is 11.3 Å². The zero-order valence-electron chi connectivity index (χ0n) is 17.6. The van der Waals surface area contributed by atoms with Gasteiger partial charge in [0, 0.05) is 28.7 Å². The predicted octanol–water partition coefficient (Wildman–Crippen LogP) is 1.14. The van der Waals surface area contributed by atoms with Crippen LogP contribution >= 0.6 is 11.6 Å². The lowest BCUT2D eigenvalue weighted by atomic mass is 9.76. The van der Waals surface area contributed by atoms with Crippen molar-refractivity contribution in [3.8, 4) is 5.75 Å². The minimum atomic E-state index is -1.52. The Morgan fingerprint density at radius 3 is 2.55 bits per heavy atom. The topological polar surface area (TPSA) is 131 Å². The van der Waals surface area contributed by atoms with E-state index in [1.165, 1.54) is 0 Å². The highest BCUT2D eigenvalue weighted by Crippen LogP contribution is 2.53. The lowest BCUT2D eigenvalue weighted by Crippen LogP contribution is -2.53. The molecular weight excluding hydrogens is 448 g/mol. The zero-order chi connectivity index (χ0) is 23.5. The van der Waals surface area contributed by atoms with Gasteiger partial charge in [-0.15, -0.1) is 0 Å². The number of primary amides is 1. The van der Waals surface area contributed by atoms with Crippen LogP contribution in [0.3, 0.4) is 0 Å². The number of nitrogens with two attached hydrogens (primary N) is 1. The number of likely N-dealkylation sites (tertiary alicyclic amines) is 1. The van der Waals surface area contributed by atoms with Crippen LogP contribution in [0.1, 0.15) is 17.5 Å². The van der Waals surface area contributed by atoms with Crippen molar-refractivity contribution in [1.82, 2.24) is 10.2 Å². The van der Waals surface area contributed by atoms with E-state index < -0.39 is 47.0 Å². The predicted molar refractivity (Wildman–Crippen MR) is 118 cm³/mol. The summed E-state index contributed by atoms with van der Waals surface area (Å²) >= 11 is 6.21. The number of nitrogens with one attached hydrogen (secondary N) is 2. The van der Waals surface area contributed by atoms with Crippen LogP contribution in [0.15, 0.2) is 42.5 Å². The van der Waals surface area contributed by atoms with Crippen LogP contribution in [0.2, 0.25) is 5.02 Å². The highest BCUT2D eigenvalue weighted by atomic mass is 35.5. The minimum absolute atomic E-state index is 0.0397. The Labute approximate surface area is 194 Å². The molecule has 2 saturated heterocycles. The van der Waals surface area contributed by atoms with Crippen LogP contribution in [0.5, 0.6) is 5.75 Å². The fourth-order valence-corrected chi connectivity index (χ4v) is 5.47. The molecular formula is C23H21ClN4O5. The summed E-state index contributed by atoms with van der Waals surface area (Å²) in [6.07, 6.45) is -0.193. The lowest BCUT2D eigenvalue weighted by Gasteiger charge is -2.29. The van der Waals surface area contributed by atoms with Crippen LogP contribution < -0.4 is 21.1 Å². The van der Waals surface area contributed by atoms with E-state index in [-0.39, 0.29) is 13.0 Å². The number of anilines is 1. The number of imide groups is 1. The average Bonchev–Trinajstić information content (AvgIpc) is 3.34. The molecule has 3 aliphatic heterocycles. The smallest absolute Gasteiger partial charge is 0.250 e. The number of methoxy groups -OCH3 is 1. The molecule has 0 bridgehead atoms. The molecule has 0 radical (unpaired) electrons. The van der Waals surface area contributed by atoms with Gasteiger partial charge in [-0.1, -0.05) is 23.7 Å². The number of fused-ring (bicyclic) bond motifs is 4. The third kappa shape index (κ3) is 3.11. The Bertz CT molecular complexity index is 1200. The highest BCUT2D eigenvalue weighted by Gasteiger charge is 2.70. The number of carbonyl (C=O) groups excluding carboxylic acids is 4. The number of hydrogen-bond donors (Lipinski definition) is 3. The van der Waals surface area contributed by atoms with Gasteiger partial charge in [-0.3, -0.25) is 29.4 Å². The minimum Gasteiger partial charge on any atom is -0.497 e. The van der Waals surface area contributed by atoms with Crippen LogP contribution in [0.25, 0.3) is 0 Å². The highest BCUT2D eigenvalue weighted by molar-refractivity contribution is 6.31. The molecule has 33 heavy (non-hydrogen) atoms. The van der Waals surface area contributed by atoms with Crippen LogP contribution in [0.4, 0.5) is 5.69 Å². The number of benzene rings is 2. The van der Waals surface area contributed by atoms with Crippen molar-refractivity contribution in [3.63, 3.8) is 0 Å². The third-order valence-electron chi connectivity index (χ3n) is 6.69. The van der Waals surface area contributed by atoms with E-state index >= 15 is 0 Å². The maximum Gasteiger partial charge on any atom is 0.250 e. The monoisotopic (exact) mass is 468 g/mol. The Kier molecular flexibility index (Phi) is 4.91. The molecule has 2 aromatic carbocycles. The van der Waals surface area contributed by atoms with Gasteiger partial charge in [0.25, 0.3) is 0 Å². The summed E-state index contributed by atoms with van der Waals surface area (Å²) in [6, 6.07) is 11.1. The summed E-state index contributed by atoms with van der Waals surface area (Å²) in [4.78, 5) is 53.4. The van der Waals surface area contributed by atoms with Crippen molar-refractivity contribution in [2.45, 2.75) is 24.5 Å².